The summed E-state index contributed by atoms with van der Waals surface area (Å²) in [5.41, 5.74) is 1.78. The third-order valence-corrected chi connectivity index (χ3v) is 11.6. The molecule has 0 saturated carbocycles. The molecular formula is C42H39F2N7O9S. The standard InChI is InChI=1S/C42H39F2N7O9S/c1-2-17-61(58,59)50-32-10-9-31(43)36(37(32)44)38(54)30-22-48-39-28(30)18-25(21-47-39)24-5-3-23(4-6-24)20-46-34(52)13-15-60-16-14-45-26-7-8-27-29(19-26)42(57)51(41(27)56)33-11-12-35(53)49-40(33)55/h3-10,18-19,21-22,33,45,50H,2,11-17,20H2,1H3,(H,46,52)(H,47,48)(H,49,53,55). The van der Waals surface area contributed by atoms with Crippen molar-refractivity contribution in [2.75, 3.05) is 35.6 Å². The number of carbonyl (C=O) groups excluding carboxylic acids is 6. The molecule has 2 aliphatic rings. The highest BCUT2D eigenvalue weighted by Crippen LogP contribution is 2.31. The maximum absolute atomic E-state index is 15.4. The zero-order valence-electron chi connectivity index (χ0n) is 32.6. The minimum atomic E-state index is -3.91. The van der Waals surface area contributed by atoms with Crippen LogP contribution in [0, 0.1) is 11.6 Å². The Kier molecular flexibility index (Phi) is 12.3. The average Bonchev–Trinajstić information content (AvgIpc) is 3.76. The summed E-state index contributed by atoms with van der Waals surface area (Å²) in [6.45, 7) is 2.59. The smallest absolute Gasteiger partial charge is 0.262 e. The molecule has 2 aliphatic heterocycles. The number of aromatic amines is 1. The number of nitrogens with zero attached hydrogens (tertiary/aromatic N) is 2. The van der Waals surface area contributed by atoms with Gasteiger partial charge < -0.3 is 20.4 Å². The molecule has 5 N–H and O–H groups in total. The quantitative estimate of drug-likeness (QED) is 0.0500. The van der Waals surface area contributed by atoms with Crippen molar-refractivity contribution >= 4 is 67.8 Å². The normalized spacial score (nSPS) is 15.2. The summed E-state index contributed by atoms with van der Waals surface area (Å²) in [7, 11) is -3.91. The predicted molar refractivity (Wildman–Crippen MR) is 218 cm³/mol. The van der Waals surface area contributed by atoms with Crippen molar-refractivity contribution in [3.8, 4) is 11.1 Å². The highest BCUT2D eigenvalue weighted by molar-refractivity contribution is 7.92. The van der Waals surface area contributed by atoms with Crippen LogP contribution >= 0.6 is 0 Å². The van der Waals surface area contributed by atoms with Gasteiger partial charge in [0.15, 0.2) is 5.82 Å². The Bertz CT molecular complexity index is 2700. The van der Waals surface area contributed by atoms with Crippen LogP contribution in [0.4, 0.5) is 20.2 Å². The Morgan fingerprint density at radius 1 is 0.951 bits per heavy atom. The third-order valence-electron chi connectivity index (χ3n) is 10.1. The number of ketones is 1. The Hall–Kier alpha value is -6.86. The molecule has 5 aromatic rings. The first-order valence-electron chi connectivity index (χ1n) is 19.3. The number of fused-ring (bicyclic) bond motifs is 2. The number of aromatic nitrogens is 2. The molecule has 0 spiro atoms. The van der Waals surface area contributed by atoms with Gasteiger partial charge in [0.05, 0.1) is 41.3 Å². The molecule has 19 heteroatoms. The van der Waals surface area contributed by atoms with E-state index in [0.29, 0.717) is 34.4 Å². The second-order valence-electron chi connectivity index (χ2n) is 14.3. The van der Waals surface area contributed by atoms with Gasteiger partial charge in [-0.3, -0.25) is 43.7 Å². The van der Waals surface area contributed by atoms with Crippen molar-refractivity contribution in [1.82, 2.24) is 25.5 Å². The van der Waals surface area contributed by atoms with Gasteiger partial charge in [0.1, 0.15) is 17.5 Å². The number of piperidine rings is 1. The van der Waals surface area contributed by atoms with Crippen molar-refractivity contribution in [3.63, 3.8) is 0 Å². The number of hydrogen-bond acceptors (Lipinski definition) is 11. The van der Waals surface area contributed by atoms with Gasteiger partial charge in [-0.15, -0.1) is 0 Å². The summed E-state index contributed by atoms with van der Waals surface area (Å²) in [5, 5.41) is 8.41. The number of halogens is 2. The number of H-pyrrole nitrogens is 1. The number of imide groups is 2. The molecule has 2 aromatic heterocycles. The van der Waals surface area contributed by atoms with E-state index in [1.807, 2.05) is 0 Å². The van der Waals surface area contributed by atoms with Gasteiger partial charge in [-0.1, -0.05) is 31.2 Å². The maximum atomic E-state index is 15.4. The summed E-state index contributed by atoms with van der Waals surface area (Å²) in [6.07, 6.45) is 3.32. The highest BCUT2D eigenvalue weighted by Gasteiger charge is 2.44. The van der Waals surface area contributed by atoms with Gasteiger partial charge in [0.25, 0.3) is 11.8 Å². The molecule has 16 nitrogen and oxygen atoms in total. The van der Waals surface area contributed by atoms with Crippen LogP contribution < -0.4 is 20.7 Å². The number of hydrogen-bond donors (Lipinski definition) is 5. The number of carbonyl (C=O) groups is 6. The summed E-state index contributed by atoms with van der Waals surface area (Å²) in [6, 6.07) is 14.2. The molecule has 0 bridgehead atoms. The van der Waals surface area contributed by atoms with E-state index >= 15 is 4.39 Å². The summed E-state index contributed by atoms with van der Waals surface area (Å²) >= 11 is 0. The summed E-state index contributed by atoms with van der Waals surface area (Å²) in [4.78, 5) is 83.9. The van der Waals surface area contributed by atoms with E-state index in [2.05, 4.69) is 30.6 Å². The number of amides is 5. The lowest BCUT2D eigenvalue weighted by Gasteiger charge is -2.27. The van der Waals surface area contributed by atoms with Crippen LogP contribution in [0.5, 0.6) is 0 Å². The lowest BCUT2D eigenvalue weighted by molar-refractivity contribution is -0.136. The number of sulfonamides is 1. The van der Waals surface area contributed by atoms with Gasteiger partial charge in [-0.25, -0.2) is 22.2 Å². The van der Waals surface area contributed by atoms with Crippen LogP contribution in [-0.2, 0) is 35.7 Å². The monoisotopic (exact) mass is 855 g/mol. The van der Waals surface area contributed by atoms with Crippen LogP contribution in [0.1, 0.15) is 74.8 Å². The molecule has 1 unspecified atom stereocenters. The number of anilines is 2. The fraction of sp³-hybridized carbons (Fsp3) is 0.262. The Labute approximate surface area is 347 Å². The molecular weight excluding hydrogens is 817 g/mol. The van der Waals surface area contributed by atoms with Crippen molar-refractivity contribution < 1.29 is 50.7 Å². The van der Waals surface area contributed by atoms with Crippen molar-refractivity contribution in [3.05, 3.63) is 113 Å². The molecule has 0 radical (unpaired) electrons. The van der Waals surface area contributed by atoms with E-state index in [0.717, 1.165) is 22.6 Å². The van der Waals surface area contributed by atoms with E-state index in [4.69, 9.17) is 4.74 Å². The van der Waals surface area contributed by atoms with Crippen LogP contribution in [0.15, 0.2) is 73.1 Å². The molecule has 3 aromatic carbocycles. The number of pyridine rings is 1. The number of rotatable bonds is 17. The first-order valence-corrected chi connectivity index (χ1v) is 20.9. The lowest BCUT2D eigenvalue weighted by atomic mass is 9.99. The SMILES string of the molecule is CCCS(=O)(=O)Nc1ccc(F)c(C(=O)c2c[nH]c3ncc(-c4ccc(CNC(=O)CCOCCNc5ccc6c(c5)C(=O)N(C5CCC(=O)NC5=O)C6=O)cc4)cc23)c1F. The van der Waals surface area contributed by atoms with E-state index in [1.54, 1.807) is 49.5 Å². The van der Waals surface area contributed by atoms with Crippen LogP contribution in [-0.4, -0.2) is 90.2 Å². The van der Waals surface area contributed by atoms with E-state index < -0.39 is 68.4 Å². The topological polar surface area (TPSA) is 226 Å². The van der Waals surface area contributed by atoms with Gasteiger partial charge in [0.2, 0.25) is 33.5 Å². The first kappa shape index (κ1) is 42.3. The van der Waals surface area contributed by atoms with Gasteiger partial charge in [-0.2, -0.15) is 0 Å². The Morgan fingerprint density at radius 3 is 2.48 bits per heavy atom. The average molecular weight is 856 g/mol. The third kappa shape index (κ3) is 9.17. The largest absolute Gasteiger partial charge is 0.383 e. The zero-order chi connectivity index (χ0) is 43.4. The maximum Gasteiger partial charge on any atom is 0.262 e. The molecule has 1 fully saturated rings. The van der Waals surface area contributed by atoms with Crippen LogP contribution in [0.3, 0.4) is 0 Å². The molecule has 0 aliphatic carbocycles. The first-order chi connectivity index (χ1) is 29.2. The summed E-state index contributed by atoms with van der Waals surface area (Å²) in [5.74, 6) is -6.33. The number of ether oxygens (including phenoxy) is 1. The molecule has 7 rings (SSSR count). The predicted octanol–water partition coefficient (Wildman–Crippen LogP) is 4.43. The molecule has 5 amide bonds. The fourth-order valence-electron chi connectivity index (χ4n) is 7.03. The minimum absolute atomic E-state index is 0.0307. The molecule has 1 atom stereocenters. The van der Waals surface area contributed by atoms with Gasteiger partial charge in [0, 0.05) is 60.5 Å². The van der Waals surface area contributed by atoms with Gasteiger partial charge >= 0.3 is 0 Å². The zero-order valence-corrected chi connectivity index (χ0v) is 33.4. The molecule has 1 saturated heterocycles. The van der Waals surface area contributed by atoms with Crippen LogP contribution in [0.25, 0.3) is 22.2 Å². The minimum Gasteiger partial charge on any atom is -0.383 e. The summed E-state index contributed by atoms with van der Waals surface area (Å²) < 4.78 is 62.5. The van der Waals surface area contributed by atoms with Crippen molar-refractivity contribution in [2.24, 2.45) is 0 Å². The number of nitrogens with one attached hydrogen (secondary N) is 5. The van der Waals surface area contributed by atoms with E-state index in [1.165, 1.54) is 18.3 Å². The fourth-order valence-corrected chi connectivity index (χ4v) is 8.16. The van der Waals surface area contributed by atoms with Crippen molar-refractivity contribution in [2.45, 2.75) is 45.2 Å². The molecule has 4 heterocycles. The van der Waals surface area contributed by atoms with E-state index in [-0.39, 0.29) is 73.8 Å². The lowest BCUT2D eigenvalue weighted by Crippen LogP contribution is -2.54. The van der Waals surface area contributed by atoms with E-state index in [9.17, 15) is 41.6 Å². The second-order valence-corrected chi connectivity index (χ2v) is 16.2. The number of benzene rings is 3. The second kappa shape index (κ2) is 17.8. The van der Waals surface area contributed by atoms with Crippen molar-refractivity contribution in [1.29, 1.82) is 0 Å². The Balaban J connectivity index is 0.875. The molecule has 61 heavy (non-hydrogen) atoms. The highest BCUT2D eigenvalue weighted by atomic mass is 32.2. The Morgan fingerprint density at radius 2 is 1.72 bits per heavy atom. The molecule has 316 valence electrons. The van der Waals surface area contributed by atoms with Gasteiger partial charge in [-0.05, 0) is 60.4 Å². The van der Waals surface area contributed by atoms with Crippen LogP contribution in [0.2, 0.25) is 0 Å².